The molecule has 152 valence electrons. The lowest BCUT2D eigenvalue weighted by Crippen LogP contribution is -2.43. The molecule has 1 atom stereocenters. The van der Waals surface area contributed by atoms with Gasteiger partial charge in [-0.05, 0) is 45.2 Å². The van der Waals surface area contributed by atoms with Gasteiger partial charge < -0.3 is 10.2 Å². The Morgan fingerprint density at radius 1 is 1.14 bits per heavy atom. The molecule has 3 heterocycles. The van der Waals surface area contributed by atoms with Gasteiger partial charge in [0.15, 0.2) is 11.5 Å². The number of nitrogens with zero attached hydrogens (tertiary/aromatic N) is 5. The lowest BCUT2D eigenvalue weighted by Gasteiger charge is -2.32. The monoisotopic (exact) mass is 392 g/mol. The second-order valence-electron chi connectivity index (χ2n) is 7.93. The van der Waals surface area contributed by atoms with Crippen LogP contribution < -0.4 is 10.2 Å². The van der Waals surface area contributed by atoms with Crippen LogP contribution in [0, 0.1) is 12.8 Å². The van der Waals surface area contributed by atoms with Gasteiger partial charge in [0.2, 0.25) is 5.91 Å². The molecule has 1 unspecified atom stereocenters. The van der Waals surface area contributed by atoms with E-state index in [0.717, 1.165) is 55.2 Å². The fourth-order valence-electron chi connectivity index (χ4n) is 3.66. The average Bonchev–Trinajstić information content (AvgIpc) is 3.17. The first kappa shape index (κ1) is 19.4. The van der Waals surface area contributed by atoms with Crippen molar-refractivity contribution < 1.29 is 4.79 Å². The van der Waals surface area contributed by atoms with Crippen molar-refractivity contribution in [1.29, 1.82) is 0 Å². The summed E-state index contributed by atoms with van der Waals surface area (Å²) < 4.78 is 1.81. The van der Waals surface area contributed by atoms with Crippen LogP contribution in [0.4, 0.5) is 5.82 Å². The maximum atomic E-state index is 12.4. The van der Waals surface area contributed by atoms with Gasteiger partial charge >= 0.3 is 0 Å². The number of carbonyl (C=O) groups excluding carboxylic acids is 1. The number of hydrogen-bond acceptors (Lipinski definition) is 5. The minimum Gasteiger partial charge on any atom is -0.355 e. The molecule has 7 heteroatoms. The molecule has 3 aromatic rings. The van der Waals surface area contributed by atoms with Crippen LogP contribution in [0.5, 0.6) is 0 Å². The summed E-state index contributed by atoms with van der Waals surface area (Å²) in [5.41, 5.74) is 2.93. The first-order chi connectivity index (χ1) is 14.0. The van der Waals surface area contributed by atoms with Gasteiger partial charge in [-0.2, -0.15) is 4.52 Å². The number of aryl methyl sites for hydroxylation is 1. The number of piperidine rings is 1. The molecule has 1 amide bonds. The van der Waals surface area contributed by atoms with E-state index in [4.69, 9.17) is 5.10 Å². The molecular formula is C22H28N6O. The molecule has 1 aliphatic heterocycles. The first-order valence-electron chi connectivity index (χ1n) is 10.4. The van der Waals surface area contributed by atoms with Crippen molar-refractivity contribution in [3.05, 3.63) is 42.0 Å². The van der Waals surface area contributed by atoms with Gasteiger partial charge in [-0.15, -0.1) is 15.3 Å². The molecular weight excluding hydrogens is 364 g/mol. The number of rotatable bonds is 5. The first-order valence-corrected chi connectivity index (χ1v) is 10.4. The van der Waals surface area contributed by atoms with E-state index >= 15 is 0 Å². The van der Waals surface area contributed by atoms with E-state index in [1.54, 1.807) is 0 Å². The van der Waals surface area contributed by atoms with E-state index in [0.29, 0.717) is 0 Å². The molecule has 1 fully saturated rings. The lowest BCUT2D eigenvalue weighted by molar-refractivity contribution is -0.126. The number of amides is 1. The molecule has 2 aromatic heterocycles. The van der Waals surface area contributed by atoms with E-state index in [9.17, 15) is 4.79 Å². The maximum Gasteiger partial charge on any atom is 0.223 e. The summed E-state index contributed by atoms with van der Waals surface area (Å²) in [5.74, 6) is 1.90. The standard InChI is InChI=1S/C22H28N6O/c1-4-16(3)23-22(29)18-11-13-27(14-12-18)20-10-9-19-24-25-21(28(19)26-20)17-7-5-15(2)6-8-17/h5-10,16,18H,4,11-14H2,1-3H3,(H,23,29). The SMILES string of the molecule is CCC(C)NC(=O)C1CCN(c2ccc3nnc(-c4ccc(C)cc4)n3n2)CC1. The molecule has 0 radical (unpaired) electrons. The summed E-state index contributed by atoms with van der Waals surface area (Å²) in [5, 5.41) is 16.5. The summed E-state index contributed by atoms with van der Waals surface area (Å²) >= 11 is 0. The second kappa shape index (κ2) is 8.19. The number of carbonyl (C=O) groups is 1. The smallest absolute Gasteiger partial charge is 0.223 e. The summed E-state index contributed by atoms with van der Waals surface area (Å²) in [4.78, 5) is 14.7. The highest BCUT2D eigenvalue weighted by atomic mass is 16.1. The maximum absolute atomic E-state index is 12.4. The molecule has 0 spiro atoms. The fraction of sp³-hybridized carbons (Fsp3) is 0.455. The molecule has 0 saturated carbocycles. The van der Waals surface area contributed by atoms with Crippen molar-refractivity contribution in [2.24, 2.45) is 5.92 Å². The minimum absolute atomic E-state index is 0.0852. The van der Waals surface area contributed by atoms with E-state index in [-0.39, 0.29) is 17.9 Å². The van der Waals surface area contributed by atoms with E-state index in [1.165, 1.54) is 5.56 Å². The van der Waals surface area contributed by atoms with E-state index in [1.807, 2.05) is 28.8 Å². The molecule has 0 bridgehead atoms. The molecule has 1 aromatic carbocycles. The number of nitrogens with one attached hydrogen (secondary N) is 1. The average molecular weight is 393 g/mol. The number of anilines is 1. The Morgan fingerprint density at radius 3 is 2.55 bits per heavy atom. The summed E-state index contributed by atoms with van der Waals surface area (Å²) in [7, 11) is 0. The van der Waals surface area contributed by atoms with Gasteiger partial charge in [0.05, 0.1) is 0 Å². The summed E-state index contributed by atoms with van der Waals surface area (Å²) in [6, 6.07) is 12.4. The second-order valence-corrected chi connectivity index (χ2v) is 7.93. The van der Waals surface area contributed by atoms with Crippen molar-refractivity contribution in [2.45, 2.75) is 46.1 Å². The van der Waals surface area contributed by atoms with Crippen molar-refractivity contribution in [3.63, 3.8) is 0 Å². The topological polar surface area (TPSA) is 75.4 Å². The normalized spacial score (nSPS) is 16.2. The van der Waals surface area contributed by atoms with Crippen LogP contribution in [-0.4, -0.2) is 44.8 Å². The largest absolute Gasteiger partial charge is 0.355 e. The van der Waals surface area contributed by atoms with Crippen LogP contribution in [0.1, 0.15) is 38.7 Å². The van der Waals surface area contributed by atoms with Crippen molar-refractivity contribution in [1.82, 2.24) is 25.1 Å². The zero-order chi connectivity index (χ0) is 20.4. The van der Waals surface area contributed by atoms with Crippen molar-refractivity contribution in [2.75, 3.05) is 18.0 Å². The summed E-state index contributed by atoms with van der Waals surface area (Å²) in [6.45, 7) is 7.84. The molecule has 29 heavy (non-hydrogen) atoms. The van der Waals surface area contributed by atoms with Gasteiger partial charge in [-0.25, -0.2) is 0 Å². The highest BCUT2D eigenvalue weighted by molar-refractivity contribution is 5.79. The van der Waals surface area contributed by atoms with E-state index < -0.39 is 0 Å². The Morgan fingerprint density at radius 2 is 1.86 bits per heavy atom. The third kappa shape index (κ3) is 4.09. The molecule has 4 rings (SSSR count). The highest BCUT2D eigenvalue weighted by Gasteiger charge is 2.26. The molecule has 1 saturated heterocycles. The number of fused-ring (bicyclic) bond motifs is 1. The molecule has 1 N–H and O–H groups in total. The van der Waals surface area contributed by atoms with Gasteiger partial charge in [-0.1, -0.05) is 36.8 Å². The Hall–Kier alpha value is -2.96. The van der Waals surface area contributed by atoms with Crippen LogP contribution in [0.3, 0.4) is 0 Å². The predicted molar refractivity (Wildman–Crippen MR) is 114 cm³/mol. The Kier molecular flexibility index (Phi) is 5.47. The Labute approximate surface area is 171 Å². The fourth-order valence-corrected chi connectivity index (χ4v) is 3.66. The van der Waals surface area contributed by atoms with Crippen LogP contribution in [0.2, 0.25) is 0 Å². The van der Waals surface area contributed by atoms with Gasteiger partial charge in [0.1, 0.15) is 5.82 Å². The van der Waals surface area contributed by atoms with E-state index in [2.05, 4.69) is 53.3 Å². The number of hydrogen-bond donors (Lipinski definition) is 1. The third-order valence-corrected chi connectivity index (χ3v) is 5.75. The van der Waals surface area contributed by atoms with Gasteiger partial charge in [-0.3, -0.25) is 4.79 Å². The number of aromatic nitrogens is 4. The van der Waals surface area contributed by atoms with Crippen LogP contribution >= 0.6 is 0 Å². The van der Waals surface area contributed by atoms with Crippen LogP contribution in [-0.2, 0) is 4.79 Å². The summed E-state index contributed by atoms with van der Waals surface area (Å²) in [6.07, 6.45) is 2.64. The van der Waals surface area contributed by atoms with Crippen LogP contribution in [0.25, 0.3) is 17.0 Å². The van der Waals surface area contributed by atoms with Crippen LogP contribution in [0.15, 0.2) is 36.4 Å². The van der Waals surface area contributed by atoms with Crippen molar-refractivity contribution in [3.8, 4) is 11.4 Å². The molecule has 1 aliphatic rings. The third-order valence-electron chi connectivity index (χ3n) is 5.75. The molecule has 7 nitrogen and oxygen atoms in total. The quantitative estimate of drug-likeness (QED) is 0.721. The predicted octanol–water partition coefficient (Wildman–Crippen LogP) is 3.23. The Balaban J connectivity index is 1.50. The minimum atomic E-state index is 0.0852. The zero-order valence-electron chi connectivity index (χ0n) is 17.3. The Bertz CT molecular complexity index is 988. The highest BCUT2D eigenvalue weighted by Crippen LogP contribution is 2.24. The van der Waals surface area contributed by atoms with Gasteiger partial charge in [0, 0.05) is 30.6 Å². The van der Waals surface area contributed by atoms with Crippen molar-refractivity contribution >= 4 is 17.4 Å². The lowest BCUT2D eigenvalue weighted by atomic mass is 9.95. The van der Waals surface area contributed by atoms with Gasteiger partial charge in [0.25, 0.3) is 0 Å². The molecule has 0 aliphatic carbocycles. The zero-order valence-corrected chi connectivity index (χ0v) is 17.3. The number of benzene rings is 1.